The monoisotopic (exact) mass is 348 g/mol. The van der Waals surface area contributed by atoms with Gasteiger partial charge in [-0.05, 0) is 24.3 Å². The van der Waals surface area contributed by atoms with Crippen LogP contribution in [0.5, 0.6) is 5.75 Å². The Morgan fingerprint density at radius 2 is 2.00 bits per heavy atom. The molecule has 9 heteroatoms. The quantitative estimate of drug-likeness (QED) is 0.488. The van der Waals surface area contributed by atoms with Gasteiger partial charge in [0, 0.05) is 17.8 Å². The summed E-state index contributed by atoms with van der Waals surface area (Å²) in [7, 11) is 1.29. The van der Waals surface area contributed by atoms with Crippen LogP contribution in [0, 0.1) is 15.9 Å². The van der Waals surface area contributed by atoms with E-state index in [2.05, 4.69) is 5.32 Å². The summed E-state index contributed by atoms with van der Waals surface area (Å²) in [5.74, 6) is -2.12. The summed E-state index contributed by atoms with van der Waals surface area (Å²) >= 11 is 0. The zero-order chi connectivity index (χ0) is 18.4. The Morgan fingerprint density at radius 3 is 2.64 bits per heavy atom. The number of nitrogens with one attached hydrogen (secondary N) is 1. The number of benzene rings is 2. The summed E-state index contributed by atoms with van der Waals surface area (Å²) in [6.07, 6.45) is 0. The number of amides is 1. The Kier molecular flexibility index (Phi) is 5.62. The summed E-state index contributed by atoms with van der Waals surface area (Å²) in [5, 5.41) is 13.1. The summed E-state index contributed by atoms with van der Waals surface area (Å²) in [5.41, 5.74) is -0.304. The summed E-state index contributed by atoms with van der Waals surface area (Å²) < 4.78 is 22.8. The van der Waals surface area contributed by atoms with E-state index in [1.54, 1.807) is 0 Å². The van der Waals surface area contributed by atoms with Gasteiger partial charge in [-0.3, -0.25) is 14.9 Å². The molecule has 2 aromatic rings. The Balaban J connectivity index is 2.03. The first kappa shape index (κ1) is 17.9. The number of nitro benzene ring substituents is 1. The molecular formula is C16H13FN2O6. The molecule has 0 saturated carbocycles. The molecule has 0 heterocycles. The molecule has 0 saturated heterocycles. The SMILES string of the molecule is COc1ccc([N+](=O)[O-])cc1C(=O)OCC(=O)Nc1cccc(F)c1. The number of non-ortho nitro benzene ring substituents is 1. The van der Waals surface area contributed by atoms with Crippen molar-refractivity contribution in [3.05, 3.63) is 64.0 Å². The average molecular weight is 348 g/mol. The third-order valence-electron chi connectivity index (χ3n) is 3.06. The molecule has 0 atom stereocenters. The van der Waals surface area contributed by atoms with Crippen molar-refractivity contribution in [3.63, 3.8) is 0 Å². The number of halogens is 1. The molecule has 130 valence electrons. The third-order valence-corrected chi connectivity index (χ3v) is 3.06. The fourth-order valence-electron chi connectivity index (χ4n) is 1.94. The van der Waals surface area contributed by atoms with Gasteiger partial charge in [-0.1, -0.05) is 6.07 Å². The minimum Gasteiger partial charge on any atom is -0.496 e. The average Bonchev–Trinajstić information content (AvgIpc) is 2.59. The highest BCUT2D eigenvalue weighted by atomic mass is 19.1. The van der Waals surface area contributed by atoms with Crippen LogP contribution < -0.4 is 10.1 Å². The molecule has 0 aliphatic rings. The molecule has 0 radical (unpaired) electrons. The number of anilines is 1. The largest absolute Gasteiger partial charge is 0.496 e. The van der Waals surface area contributed by atoms with E-state index in [0.717, 1.165) is 12.1 Å². The van der Waals surface area contributed by atoms with Crippen LogP contribution in [0.25, 0.3) is 0 Å². The first-order valence-electron chi connectivity index (χ1n) is 6.95. The molecule has 0 aliphatic heterocycles. The predicted molar refractivity (Wildman–Crippen MR) is 85.0 cm³/mol. The van der Waals surface area contributed by atoms with Crippen molar-refractivity contribution < 1.29 is 28.4 Å². The van der Waals surface area contributed by atoms with E-state index in [4.69, 9.17) is 9.47 Å². The minimum absolute atomic E-state index is 0.0705. The third kappa shape index (κ3) is 4.74. The molecule has 8 nitrogen and oxygen atoms in total. The fourth-order valence-corrected chi connectivity index (χ4v) is 1.94. The normalized spacial score (nSPS) is 10.0. The molecule has 0 fully saturated rings. The van der Waals surface area contributed by atoms with Crippen molar-refractivity contribution in [2.24, 2.45) is 0 Å². The lowest BCUT2D eigenvalue weighted by Gasteiger charge is -2.09. The van der Waals surface area contributed by atoms with Gasteiger partial charge in [0.15, 0.2) is 6.61 Å². The van der Waals surface area contributed by atoms with E-state index in [9.17, 15) is 24.1 Å². The number of esters is 1. The van der Waals surface area contributed by atoms with Crippen molar-refractivity contribution in [1.29, 1.82) is 0 Å². The van der Waals surface area contributed by atoms with Crippen LogP contribution >= 0.6 is 0 Å². The van der Waals surface area contributed by atoms with E-state index >= 15 is 0 Å². The van der Waals surface area contributed by atoms with E-state index < -0.39 is 29.2 Å². The van der Waals surface area contributed by atoms with E-state index in [1.165, 1.54) is 37.4 Å². The maximum Gasteiger partial charge on any atom is 0.342 e. The second kappa shape index (κ2) is 7.86. The Morgan fingerprint density at radius 1 is 1.24 bits per heavy atom. The summed E-state index contributed by atoms with van der Waals surface area (Å²) in [6, 6.07) is 8.60. The molecular weight excluding hydrogens is 335 g/mol. The zero-order valence-corrected chi connectivity index (χ0v) is 13.0. The van der Waals surface area contributed by atoms with Gasteiger partial charge >= 0.3 is 5.97 Å². The maximum atomic E-state index is 13.0. The molecule has 0 aliphatic carbocycles. The van der Waals surface area contributed by atoms with Gasteiger partial charge in [0.25, 0.3) is 11.6 Å². The summed E-state index contributed by atoms with van der Waals surface area (Å²) in [6.45, 7) is -0.652. The highest BCUT2D eigenvalue weighted by molar-refractivity contribution is 5.97. The first-order chi connectivity index (χ1) is 11.9. The smallest absolute Gasteiger partial charge is 0.342 e. The number of methoxy groups -OCH3 is 1. The number of hydrogen-bond acceptors (Lipinski definition) is 6. The lowest BCUT2D eigenvalue weighted by atomic mass is 10.2. The highest BCUT2D eigenvalue weighted by Crippen LogP contribution is 2.24. The lowest BCUT2D eigenvalue weighted by molar-refractivity contribution is -0.384. The number of nitro groups is 1. The lowest BCUT2D eigenvalue weighted by Crippen LogP contribution is -2.21. The first-order valence-corrected chi connectivity index (χ1v) is 6.95. The van der Waals surface area contributed by atoms with Gasteiger partial charge in [-0.25, -0.2) is 9.18 Å². The second-order valence-electron chi connectivity index (χ2n) is 4.78. The van der Waals surface area contributed by atoms with Crippen LogP contribution in [0.4, 0.5) is 15.8 Å². The topological polar surface area (TPSA) is 108 Å². The van der Waals surface area contributed by atoms with E-state index in [1.807, 2.05) is 0 Å². The number of hydrogen-bond donors (Lipinski definition) is 1. The fraction of sp³-hybridized carbons (Fsp3) is 0.125. The molecule has 0 unspecified atom stereocenters. The Labute approximate surface area is 141 Å². The molecule has 25 heavy (non-hydrogen) atoms. The van der Waals surface area contributed by atoms with Gasteiger partial charge in [0.05, 0.1) is 12.0 Å². The molecule has 2 rings (SSSR count). The maximum absolute atomic E-state index is 13.0. The van der Waals surface area contributed by atoms with E-state index in [0.29, 0.717) is 0 Å². The van der Waals surface area contributed by atoms with E-state index in [-0.39, 0.29) is 22.7 Å². The van der Waals surface area contributed by atoms with Crippen LogP contribution in [-0.4, -0.2) is 30.5 Å². The van der Waals surface area contributed by atoms with Crippen molar-refractivity contribution in [3.8, 4) is 5.75 Å². The van der Waals surface area contributed by atoms with Crippen molar-refractivity contribution >= 4 is 23.3 Å². The minimum atomic E-state index is -0.963. The number of carbonyl (C=O) groups excluding carboxylic acids is 2. The second-order valence-corrected chi connectivity index (χ2v) is 4.78. The van der Waals surface area contributed by atoms with Gasteiger partial charge in [-0.2, -0.15) is 0 Å². The predicted octanol–water partition coefficient (Wildman–Crippen LogP) is 2.54. The number of ether oxygens (including phenoxy) is 2. The molecule has 2 aromatic carbocycles. The van der Waals surface area contributed by atoms with Crippen molar-refractivity contribution in [2.75, 3.05) is 19.0 Å². The van der Waals surface area contributed by atoms with Crippen molar-refractivity contribution in [2.45, 2.75) is 0 Å². The standard InChI is InChI=1S/C16H13FN2O6/c1-24-14-6-5-12(19(22)23)8-13(14)16(21)25-9-15(20)18-11-4-2-3-10(17)7-11/h2-8H,9H2,1H3,(H,18,20). The highest BCUT2D eigenvalue weighted by Gasteiger charge is 2.19. The van der Waals surface area contributed by atoms with Gasteiger partial charge in [-0.15, -0.1) is 0 Å². The van der Waals surface area contributed by atoms with Crippen LogP contribution in [-0.2, 0) is 9.53 Å². The number of nitrogens with zero attached hydrogens (tertiary/aromatic N) is 1. The van der Waals surface area contributed by atoms with Crippen molar-refractivity contribution in [1.82, 2.24) is 0 Å². The van der Waals surface area contributed by atoms with Crippen LogP contribution in [0.15, 0.2) is 42.5 Å². The van der Waals surface area contributed by atoms with Gasteiger partial charge in [0.1, 0.15) is 17.1 Å². The zero-order valence-electron chi connectivity index (χ0n) is 13.0. The molecule has 1 N–H and O–H groups in total. The molecule has 1 amide bonds. The van der Waals surface area contributed by atoms with Crippen LogP contribution in [0.1, 0.15) is 10.4 Å². The van der Waals surface area contributed by atoms with Gasteiger partial charge < -0.3 is 14.8 Å². The van der Waals surface area contributed by atoms with Crippen LogP contribution in [0.3, 0.4) is 0 Å². The van der Waals surface area contributed by atoms with Gasteiger partial charge in [0.2, 0.25) is 0 Å². The Bertz CT molecular complexity index is 824. The Hall–Kier alpha value is -3.49. The molecule has 0 bridgehead atoms. The summed E-state index contributed by atoms with van der Waals surface area (Å²) in [4.78, 5) is 33.9. The molecule has 0 aromatic heterocycles. The molecule has 0 spiro atoms. The number of carbonyl (C=O) groups is 2. The van der Waals surface area contributed by atoms with Crippen LogP contribution in [0.2, 0.25) is 0 Å². The number of rotatable bonds is 6.